The first kappa shape index (κ1) is 14.1. The van der Waals surface area contributed by atoms with Crippen molar-refractivity contribution < 1.29 is 4.79 Å². The summed E-state index contributed by atoms with van der Waals surface area (Å²) in [7, 11) is 0. The predicted molar refractivity (Wildman–Crippen MR) is 85.7 cm³/mol. The van der Waals surface area contributed by atoms with Gasteiger partial charge in [-0.2, -0.15) is 0 Å². The minimum absolute atomic E-state index is 0.00484. The van der Waals surface area contributed by atoms with Crippen LogP contribution in [-0.2, 0) is 11.2 Å². The Hall–Kier alpha value is -1.84. The predicted octanol–water partition coefficient (Wildman–Crippen LogP) is 3.50. The lowest BCUT2D eigenvalue weighted by Gasteiger charge is -2.18. The van der Waals surface area contributed by atoms with Gasteiger partial charge in [-0.3, -0.25) is 4.79 Å². The van der Waals surface area contributed by atoms with Crippen LogP contribution in [0.3, 0.4) is 0 Å². The number of carbonyl (C=O) groups is 1. The summed E-state index contributed by atoms with van der Waals surface area (Å²) in [5.41, 5.74) is 12.1. The number of nitrogens with one attached hydrogen (secondary N) is 1. The lowest BCUT2D eigenvalue weighted by molar-refractivity contribution is -0.115. The molecule has 4 heteroatoms. The number of halogens is 1. The molecule has 1 unspecified atom stereocenters. The molecule has 0 spiro atoms. The number of anilines is 1. The summed E-state index contributed by atoms with van der Waals surface area (Å²) in [6.45, 7) is 3.96. The molecule has 0 bridgehead atoms. The second-order valence-corrected chi connectivity index (χ2v) is 5.93. The Labute approximate surface area is 129 Å². The summed E-state index contributed by atoms with van der Waals surface area (Å²) in [6.07, 6.45) is 0.390. The average Bonchev–Trinajstić information content (AvgIpc) is 2.84. The Morgan fingerprint density at radius 2 is 1.90 bits per heavy atom. The molecule has 0 aromatic heterocycles. The summed E-state index contributed by atoms with van der Waals surface area (Å²) in [6, 6.07) is 9.76. The number of fused-ring (bicyclic) bond motifs is 1. The van der Waals surface area contributed by atoms with E-state index in [1.54, 1.807) is 0 Å². The van der Waals surface area contributed by atoms with Gasteiger partial charge in [-0.15, -0.1) is 0 Å². The van der Waals surface area contributed by atoms with Gasteiger partial charge in [0.05, 0.1) is 17.5 Å². The van der Waals surface area contributed by atoms with Gasteiger partial charge >= 0.3 is 0 Å². The molecule has 3 nitrogen and oxygen atoms in total. The Kier molecular flexibility index (Phi) is 3.47. The third-order valence-corrected chi connectivity index (χ3v) is 4.50. The van der Waals surface area contributed by atoms with E-state index in [1.807, 2.05) is 44.2 Å². The number of aryl methyl sites for hydroxylation is 1. The Bertz CT molecular complexity index is 723. The monoisotopic (exact) mass is 300 g/mol. The normalized spacial score (nSPS) is 14.8. The lowest BCUT2D eigenvalue weighted by atomic mass is 9.94. The molecule has 3 rings (SSSR count). The second-order valence-electron chi connectivity index (χ2n) is 5.55. The van der Waals surface area contributed by atoms with Crippen LogP contribution < -0.4 is 11.1 Å². The summed E-state index contributed by atoms with van der Waals surface area (Å²) >= 11 is 6.47. The van der Waals surface area contributed by atoms with Crippen molar-refractivity contribution in [1.29, 1.82) is 0 Å². The molecule has 1 aliphatic rings. The minimum Gasteiger partial charge on any atom is -0.325 e. The fourth-order valence-corrected chi connectivity index (χ4v) is 3.01. The van der Waals surface area contributed by atoms with E-state index in [2.05, 4.69) is 5.32 Å². The molecule has 1 aliphatic heterocycles. The van der Waals surface area contributed by atoms with E-state index in [1.165, 1.54) is 5.56 Å². The fourth-order valence-electron chi connectivity index (χ4n) is 2.74. The molecule has 0 radical (unpaired) electrons. The van der Waals surface area contributed by atoms with Crippen molar-refractivity contribution in [2.75, 3.05) is 5.32 Å². The maximum absolute atomic E-state index is 11.6. The van der Waals surface area contributed by atoms with Crippen molar-refractivity contribution in [3.05, 3.63) is 63.2 Å². The van der Waals surface area contributed by atoms with Crippen molar-refractivity contribution in [2.45, 2.75) is 26.3 Å². The highest BCUT2D eigenvalue weighted by Crippen LogP contribution is 2.38. The molecule has 21 heavy (non-hydrogen) atoms. The minimum atomic E-state index is -0.294. The number of nitrogens with two attached hydrogens (primary N) is 1. The van der Waals surface area contributed by atoms with E-state index >= 15 is 0 Å². The molecular formula is C17H17ClN2O. The Balaban J connectivity index is 2.07. The van der Waals surface area contributed by atoms with E-state index < -0.39 is 0 Å². The molecule has 3 N–H and O–H groups in total. The molecule has 108 valence electrons. The maximum Gasteiger partial charge on any atom is 0.228 e. The van der Waals surface area contributed by atoms with E-state index in [0.717, 1.165) is 27.9 Å². The van der Waals surface area contributed by atoms with Crippen LogP contribution in [0.5, 0.6) is 0 Å². The molecule has 2 aromatic rings. The third kappa shape index (κ3) is 2.43. The van der Waals surface area contributed by atoms with Gasteiger partial charge in [-0.1, -0.05) is 41.4 Å². The summed E-state index contributed by atoms with van der Waals surface area (Å²) in [4.78, 5) is 11.6. The maximum atomic E-state index is 11.6. The first-order valence-corrected chi connectivity index (χ1v) is 7.29. The summed E-state index contributed by atoms with van der Waals surface area (Å²) < 4.78 is 0. The number of carbonyl (C=O) groups excluding carboxylic acids is 1. The lowest BCUT2D eigenvalue weighted by Crippen LogP contribution is -2.13. The van der Waals surface area contributed by atoms with Crippen LogP contribution in [0.1, 0.15) is 33.9 Å². The zero-order valence-corrected chi connectivity index (χ0v) is 12.8. The summed E-state index contributed by atoms with van der Waals surface area (Å²) in [5, 5.41) is 3.48. The van der Waals surface area contributed by atoms with Crippen LogP contribution in [-0.4, -0.2) is 5.91 Å². The molecule has 0 saturated heterocycles. The molecule has 1 amide bonds. The summed E-state index contributed by atoms with van der Waals surface area (Å²) in [5.74, 6) is 0.00484. The van der Waals surface area contributed by atoms with E-state index in [0.29, 0.717) is 11.4 Å². The highest BCUT2D eigenvalue weighted by molar-refractivity contribution is 6.33. The topological polar surface area (TPSA) is 55.1 Å². The number of hydrogen-bond acceptors (Lipinski definition) is 2. The molecule has 0 fully saturated rings. The Morgan fingerprint density at radius 1 is 1.24 bits per heavy atom. The second kappa shape index (κ2) is 5.17. The molecular weight excluding hydrogens is 284 g/mol. The largest absolute Gasteiger partial charge is 0.325 e. The van der Waals surface area contributed by atoms with Crippen LogP contribution >= 0.6 is 11.6 Å². The van der Waals surface area contributed by atoms with Gasteiger partial charge in [-0.05, 0) is 42.2 Å². The zero-order chi connectivity index (χ0) is 15.1. The van der Waals surface area contributed by atoms with Gasteiger partial charge in [0.2, 0.25) is 5.91 Å². The third-order valence-electron chi connectivity index (χ3n) is 4.00. The highest BCUT2D eigenvalue weighted by Gasteiger charge is 2.25. The Morgan fingerprint density at radius 3 is 2.57 bits per heavy atom. The van der Waals surface area contributed by atoms with E-state index in [9.17, 15) is 4.79 Å². The van der Waals surface area contributed by atoms with Gasteiger partial charge in [0.25, 0.3) is 0 Å². The standard InChI is InChI=1S/C17H17ClN2O/c1-9-3-5-11(6-4-9)16(19)13-7-12-8-14(21)20-17(12)10(2)15(13)18/h3-7,16H,8,19H2,1-2H3,(H,20,21). The number of rotatable bonds is 2. The van der Waals surface area contributed by atoms with Crippen molar-refractivity contribution in [1.82, 2.24) is 0 Å². The van der Waals surface area contributed by atoms with Crippen molar-refractivity contribution in [2.24, 2.45) is 5.73 Å². The first-order valence-electron chi connectivity index (χ1n) is 6.91. The van der Waals surface area contributed by atoms with Crippen LogP contribution in [0.2, 0.25) is 5.02 Å². The van der Waals surface area contributed by atoms with Crippen LogP contribution in [0, 0.1) is 13.8 Å². The molecule has 1 heterocycles. The fraction of sp³-hybridized carbons (Fsp3) is 0.235. The number of benzene rings is 2. The first-order chi connectivity index (χ1) is 9.97. The van der Waals surface area contributed by atoms with Crippen molar-refractivity contribution >= 4 is 23.2 Å². The zero-order valence-electron chi connectivity index (χ0n) is 12.0. The molecule has 0 saturated carbocycles. The van der Waals surface area contributed by atoms with Crippen LogP contribution in [0.25, 0.3) is 0 Å². The molecule has 0 aliphatic carbocycles. The van der Waals surface area contributed by atoms with Gasteiger partial charge < -0.3 is 11.1 Å². The van der Waals surface area contributed by atoms with Crippen LogP contribution in [0.15, 0.2) is 30.3 Å². The van der Waals surface area contributed by atoms with Gasteiger partial charge in [-0.25, -0.2) is 0 Å². The quantitative estimate of drug-likeness (QED) is 0.892. The van der Waals surface area contributed by atoms with Gasteiger partial charge in [0.1, 0.15) is 0 Å². The smallest absolute Gasteiger partial charge is 0.228 e. The molecule has 1 atom stereocenters. The SMILES string of the molecule is Cc1ccc(C(N)c2cc3c(c(C)c2Cl)NC(=O)C3)cc1. The number of amides is 1. The van der Waals surface area contributed by atoms with Gasteiger partial charge in [0, 0.05) is 5.69 Å². The highest BCUT2D eigenvalue weighted by atomic mass is 35.5. The van der Waals surface area contributed by atoms with Gasteiger partial charge in [0.15, 0.2) is 0 Å². The number of hydrogen-bond donors (Lipinski definition) is 2. The average molecular weight is 301 g/mol. The van der Waals surface area contributed by atoms with Crippen molar-refractivity contribution in [3.63, 3.8) is 0 Å². The molecule has 2 aromatic carbocycles. The van der Waals surface area contributed by atoms with Crippen molar-refractivity contribution in [3.8, 4) is 0 Å². The van der Waals surface area contributed by atoms with E-state index in [4.69, 9.17) is 17.3 Å². The van der Waals surface area contributed by atoms with E-state index in [-0.39, 0.29) is 11.9 Å². The van der Waals surface area contributed by atoms with Crippen LogP contribution in [0.4, 0.5) is 5.69 Å².